The van der Waals surface area contributed by atoms with Crippen molar-refractivity contribution in [1.29, 1.82) is 0 Å². The molecule has 7 heteroatoms. The molecule has 0 aromatic heterocycles. The quantitative estimate of drug-likeness (QED) is 0.815. The SMILES string of the molecule is C[C@H](NC(=O)N(C)[C@H]1CCS(=O)(=O)C1)[C@@H]1CCCO1. The molecule has 1 N–H and O–H groups in total. The fourth-order valence-electron chi connectivity index (χ4n) is 2.63. The van der Waals surface area contributed by atoms with E-state index in [9.17, 15) is 13.2 Å². The van der Waals surface area contributed by atoms with Gasteiger partial charge in [0.2, 0.25) is 0 Å². The van der Waals surface area contributed by atoms with Crippen molar-refractivity contribution in [3.8, 4) is 0 Å². The summed E-state index contributed by atoms with van der Waals surface area (Å²) < 4.78 is 28.4. The van der Waals surface area contributed by atoms with Crippen molar-refractivity contribution >= 4 is 15.9 Å². The maximum atomic E-state index is 12.1. The normalized spacial score (nSPS) is 31.1. The second-order valence-electron chi connectivity index (χ2n) is 5.46. The Kier molecular flexibility index (Phi) is 4.35. The number of ether oxygens (including phenoxy) is 1. The van der Waals surface area contributed by atoms with Crippen LogP contribution in [0.25, 0.3) is 0 Å². The molecule has 19 heavy (non-hydrogen) atoms. The van der Waals surface area contributed by atoms with Crippen molar-refractivity contribution in [2.24, 2.45) is 0 Å². The maximum Gasteiger partial charge on any atom is 0.317 e. The molecule has 2 aliphatic rings. The van der Waals surface area contributed by atoms with E-state index in [-0.39, 0.29) is 35.7 Å². The van der Waals surface area contributed by atoms with Crippen LogP contribution < -0.4 is 5.32 Å². The zero-order chi connectivity index (χ0) is 14.0. The highest BCUT2D eigenvalue weighted by Crippen LogP contribution is 2.18. The molecule has 2 rings (SSSR count). The molecule has 0 radical (unpaired) electrons. The van der Waals surface area contributed by atoms with Gasteiger partial charge in [0.1, 0.15) is 0 Å². The number of sulfone groups is 1. The van der Waals surface area contributed by atoms with E-state index in [1.807, 2.05) is 6.92 Å². The van der Waals surface area contributed by atoms with Crippen LogP contribution in [0.3, 0.4) is 0 Å². The van der Waals surface area contributed by atoms with Gasteiger partial charge in [-0.3, -0.25) is 0 Å². The average molecular weight is 290 g/mol. The minimum Gasteiger partial charge on any atom is -0.376 e. The predicted molar refractivity (Wildman–Crippen MR) is 71.8 cm³/mol. The lowest BCUT2D eigenvalue weighted by Crippen LogP contribution is -2.50. The Labute approximate surface area is 114 Å². The first-order valence-electron chi connectivity index (χ1n) is 6.74. The molecule has 0 aromatic carbocycles. The number of amides is 2. The molecular weight excluding hydrogens is 268 g/mol. The van der Waals surface area contributed by atoms with Crippen LogP contribution in [0, 0.1) is 0 Å². The van der Waals surface area contributed by atoms with E-state index in [1.165, 1.54) is 4.90 Å². The third-order valence-electron chi connectivity index (χ3n) is 3.95. The van der Waals surface area contributed by atoms with Crippen LogP contribution >= 0.6 is 0 Å². The molecular formula is C12H22N2O4S. The predicted octanol–water partition coefficient (Wildman–Crippen LogP) is 0.382. The Bertz CT molecular complexity index is 431. The van der Waals surface area contributed by atoms with Crippen molar-refractivity contribution in [2.75, 3.05) is 25.2 Å². The maximum absolute atomic E-state index is 12.1. The standard InChI is InChI=1S/C12H22N2O4S/c1-9(11-4-3-6-18-11)13-12(15)14(2)10-5-7-19(16,17)8-10/h9-11H,3-8H2,1-2H3,(H,13,15)/t9-,10-,11-/m0/s1. The fraction of sp³-hybridized carbons (Fsp3) is 0.917. The molecule has 0 bridgehead atoms. The van der Waals surface area contributed by atoms with E-state index >= 15 is 0 Å². The van der Waals surface area contributed by atoms with Gasteiger partial charge in [-0.15, -0.1) is 0 Å². The third-order valence-corrected chi connectivity index (χ3v) is 5.70. The zero-order valence-electron chi connectivity index (χ0n) is 11.5. The Hall–Kier alpha value is -0.820. The van der Waals surface area contributed by atoms with Crippen molar-refractivity contribution in [1.82, 2.24) is 10.2 Å². The summed E-state index contributed by atoms with van der Waals surface area (Å²) in [5.41, 5.74) is 0. The van der Waals surface area contributed by atoms with Gasteiger partial charge < -0.3 is 15.0 Å². The minimum atomic E-state index is -2.96. The Morgan fingerprint density at radius 2 is 2.16 bits per heavy atom. The zero-order valence-corrected chi connectivity index (χ0v) is 12.3. The molecule has 0 spiro atoms. The van der Waals surface area contributed by atoms with Crippen LogP contribution in [0.2, 0.25) is 0 Å². The van der Waals surface area contributed by atoms with E-state index in [1.54, 1.807) is 7.05 Å². The van der Waals surface area contributed by atoms with Crippen LogP contribution in [0.4, 0.5) is 4.79 Å². The molecule has 2 amide bonds. The van der Waals surface area contributed by atoms with Crippen molar-refractivity contribution in [3.05, 3.63) is 0 Å². The number of hydrogen-bond donors (Lipinski definition) is 1. The van der Waals surface area contributed by atoms with E-state index < -0.39 is 9.84 Å². The third kappa shape index (κ3) is 3.60. The average Bonchev–Trinajstić information content (AvgIpc) is 2.96. The summed E-state index contributed by atoms with van der Waals surface area (Å²) in [4.78, 5) is 13.6. The Morgan fingerprint density at radius 3 is 2.68 bits per heavy atom. The highest BCUT2D eigenvalue weighted by molar-refractivity contribution is 7.91. The van der Waals surface area contributed by atoms with Gasteiger partial charge in [-0.05, 0) is 26.2 Å². The van der Waals surface area contributed by atoms with Crippen molar-refractivity contribution < 1.29 is 17.9 Å². The second-order valence-corrected chi connectivity index (χ2v) is 7.69. The van der Waals surface area contributed by atoms with Crippen molar-refractivity contribution in [3.63, 3.8) is 0 Å². The van der Waals surface area contributed by atoms with Gasteiger partial charge in [0.05, 0.1) is 23.7 Å². The summed E-state index contributed by atoms with van der Waals surface area (Å²) >= 11 is 0. The van der Waals surface area contributed by atoms with Crippen LogP contribution in [0.5, 0.6) is 0 Å². The summed E-state index contributed by atoms with van der Waals surface area (Å²) in [7, 11) is -1.31. The highest BCUT2D eigenvalue weighted by Gasteiger charge is 2.33. The van der Waals surface area contributed by atoms with Gasteiger partial charge in [0.15, 0.2) is 9.84 Å². The largest absolute Gasteiger partial charge is 0.376 e. The van der Waals surface area contributed by atoms with Crippen LogP contribution in [-0.2, 0) is 14.6 Å². The molecule has 0 aliphatic carbocycles. The van der Waals surface area contributed by atoms with Crippen molar-refractivity contribution in [2.45, 2.75) is 44.4 Å². The first-order chi connectivity index (χ1) is 8.89. The number of nitrogens with one attached hydrogen (secondary N) is 1. The number of urea groups is 1. The lowest BCUT2D eigenvalue weighted by Gasteiger charge is -2.27. The molecule has 0 unspecified atom stereocenters. The molecule has 2 heterocycles. The van der Waals surface area contributed by atoms with E-state index in [4.69, 9.17) is 4.74 Å². The Balaban J connectivity index is 1.85. The fourth-order valence-corrected chi connectivity index (χ4v) is 4.41. The summed E-state index contributed by atoms with van der Waals surface area (Å²) in [5, 5.41) is 2.89. The summed E-state index contributed by atoms with van der Waals surface area (Å²) in [6.45, 7) is 2.68. The van der Waals surface area contributed by atoms with Gasteiger partial charge in [0, 0.05) is 19.7 Å². The lowest BCUT2D eigenvalue weighted by molar-refractivity contribution is 0.0831. The van der Waals surface area contributed by atoms with Gasteiger partial charge in [0.25, 0.3) is 0 Å². The monoisotopic (exact) mass is 290 g/mol. The smallest absolute Gasteiger partial charge is 0.317 e. The second kappa shape index (κ2) is 5.66. The molecule has 110 valence electrons. The number of carbonyl (C=O) groups excluding carboxylic acids is 1. The summed E-state index contributed by atoms with van der Waals surface area (Å²) in [6.07, 6.45) is 2.59. The minimum absolute atomic E-state index is 0.0459. The molecule has 6 nitrogen and oxygen atoms in total. The van der Waals surface area contributed by atoms with Crippen LogP contribution in [-0.4, -0.2) is 62.7 Å². The topological polar surface area (TPSA) is 75.7 Å². The molecule has 3 atom stereocenters. The number of nitrogens with zero attached hydrogens (tertiary/aromatic N) is 1. The molecule has 0 saturated carbocycles. The Morgan fingerprint density at radius 1 is 1.42 bits per heavy atom. The molecule has 2 saturated heterocycles. The van der Waals surface area contributed by atoms with E-state index in [0.29, 0.717) is 6.42 Å². The van der Waals surface area contributed by atoms with Crippen LogP contribution in [0.15, 0.2) is 0 Å². The number of hydrogen-bond acceptors (Lipinski definition) is 4. The van der Waals surface area contributed by atoms with Gasteiger partial charge in [-0.25, -0.2) is 13.2 Å². The molecule has 2 aliphatic heterocycles. The summed E-state index contributed by atoms with van der Waals surface area (Å²) in [5.74, 6) is 0.252. The summed E-state index contributed by atoms with van der Waals surface area (Å²) in [6, 6.07) is -0.470. The van der Waals surface area contributed by atoms with Gasteiger partial charge in [-0.2, -0.15) is 0 Å². The molecule has 0 aromatic rings. The first-order valence-corrected chi connectivity index (χ1v) is 8.56. The number of carbonyl (C=O) groups is 1. The van der Waals surface area contributed by atoms with E-state index in [2.05, 4.69) is 5.32 Å². The molecule has 2 fully saturated rings. The number of rotatable bonds is 3. The highest BCUT2D eigenvalue weighted by atomic mass is 32.2. The first kappa shape index (κ1) is 14.6. The van der Waals surface area contributed by atoms with Crippen LogP contribution in [0.1, 0.15) is 26.2 Å². The van der Waals surface area contributed by atoms with Gasteiger partial charge in [-0.1, -0.05) is 0 Å². The van der Waals surface area contributed by atoms with Gasteiger partial charge >= 0.3 is 6.03 Å². The van der Waals surface area contributed by atoms with E-state index in [0.717, 1.165) is 19.4 Å². The lowest BCUT2D eigenvalue weighted by atomic mass is 10.1.